The molecule has 27 heavy (non-hydrogen) atoms. The number of nitrogens with zero attached hydrogens (tertiary/aromatic N) is 1. The zero-order valence-electron chi connectivity index (χ0n) is 15.2. The molecule has 1 amide bonds. The summed E-state index contributed by atoms with van der Waals surface area (Å²) in [6, 6.07) is 11.4. The number of rotatable bonds is 6. The molecule has 0 aromatic heterocycles. The Bertz CT molecular complexity index is 855. The summed E-state index contributed by atoms with van der Waals surface area (Å²) in [7, 11) is 0. The van der Waals surface area contributed by atoms with Gasteiger partial charge in [-0.25, -0.2) is 4.39 Å². The van der Waals surface area contributed by atoms with Gasteiger partial charge in [-0.2, -0.15) is 0 Å². The number of halogens is 1. The second-order valence-electron chi connectivity index (χ2n) is 6.23. The third kappa shape index (κ3) is 5.47. The van der Waals surface area contributed by atoms with E-state index < -0.39 is 0 Å². The van der Waals surface area contributed by atoms with Gasteiger partial charge in [-0.05, 0) is 32.0 Å². The Morgan fingerprint density at radius 2 is 2.04 bits per heavy atom. The minimum Gasteiger partial charge on any atom is -0.491 e. The van der Waals surface area contributed by atoms with Crippen molar-refractivity contribution in [1.29, 1.82) is 0 Å². The molecule has 0 unspecified atom stereocenters. The molecule has 0 radical (unpaired) electrons. The molecule has 0 aliphatic carbocycles. The Labute approximate surface area is 162 Å². The summed E-state index contributed by atoms with van der Waals surface area (Å²) < 4.78 is 25.2. The van der Waals surface area contributed by atoms with Gasteiger partial charge in [0.25, 0.3) is 5.91 Å². The van der Waals surface area contributed by atoms with Crippen molar-refractivity contribution in [2.45, 2.75) is 26.6 Å². The van der Waals surface area contributed by atoms with Crippen molar-refractivity contribution in [2.24, 2.45) is 4.99 Å². The van der Waals surface area contributed by atoms with Crippen LogP contribution in [0.1, 0.15) is 29.8 Å². The topological polar surface area (TPSA) is 59.9 Å². The molecule has 3 rings (SSSR count). The number of benzene rings is 2. The number of hydrogen-bond donors (Lipinski definition) is 1. The lowest BCUT2D eigenvalue weighted by molar-refractivity contribution is 0.0976. The highest BCUT2D eigenvalue weighted by Crippen LogP contribution is 2.25. The number of hydrogen-bond acceptors (Lipinski definition) is 5. The van der Waals surface area contributed by atoms with Crippen LogP contribution in [0, 0.1) is 5.82 Å². The molecule has 1 N–H and O–H groups in total. The lowest BCUT2D eigenvalue weighted by atomic mass is 10.2. The lowest BCUT2D eigenvalue weighted by Crippen LogP contribution is -2.27. The maximum Gasteiger partial charge on any atom is 0.257 e. The van der Waals surface area contributed by atoms with E-state index in [1.807, 2.05) is 13.8 Å². The molecule has 142 valence electrons. The van der Waals surface area contributed by atoms with Gasteiger partial charge in [-0.15, -0.1) is 0 Å². The molecule has 0 spiro atoms. The van der Waals surface area contributed by atoms with Crippen molar-refractivity contribution >= 4 is 22.8 Å². The quantitative estimate of drug-likeness (QED) is 0.812. The van der Waals surface area contributed by atoms with E-state index in [2.05, 4.69) is 10.3 Å². The molecule has 0 bridgehead atoms. The van der Waals surface area contributed by atoms with E-state index >= 15 is 0 Å². The summed E-state index contributed by atoms with van der Waals surface area (Å²) in [5.74, 6) is 1.20. The van der Waals surface area contributed by atoms with Crippen LogP contribution in [0.2, 0.25) is 0 Å². The van der Waals surface area contributed by atoms with Gasteiger partial charge in [0.05, 0.1) is 12.6 Å². The fourth-order valence-electron chi connectivity index (χ4n) is 2.48. The minimum atomic E-state index is -0.332. The van der Waals surface area contributed by atoms with Crippen molar-refractivity contribution in [3.8, 4) is 11.5 Å². The van der Waals surface area contributed by atoms with Crippen molar-refractivity contribution in [1.82, 2.24) is 5.32 Å². The molecule has 5 nitrogen and oxygen atoms in total. The van der Waals surface area contributed by atoms with Crippen LogP contribution in [-0.2, 0) is 6.61 Å². The van der Waals surface area contributed by atoms with Gasteiger partial charge < -0.3 is 14.8 Å². The first-order valence-corrected chi connectivity index (χ1v) is 9.66. The predicted molar refractivity (Wildman–Crippen MR) is 105 cm³/mol. The molecule has 0 atom stereocenters. The largest absolute Gasteiger partial charge is 0.491 e. The van der Waals surface area contributed by atoms with Crippen LogP contribution in [0.3, 0.4) is 0 Å². The van der Waals surface area contributed by atoms with E-state index in [4.69, 9.17) is 9.47 Å². The average molecular weight is 388 g/mol. The monoisotopic (exact) mass is 388 g/mol. The van der Waals surface area contributed by atoms with Crippen LogP contribution in [-0.4, -0.2) is 29.5 Å². The third-order valence-electron chi connectivity index (χ3n) is 3.67. The molecule has 2 aromatic carbocycles. The zero-order chi connectivity index (χ0) is 19.2. The molecular formula is C20H21FN2O3S. The lowest BCUT2D eigenvalue weighted by Gasteiger charge is -2.14. The molecule has 0 fully saturated rings. The molecule has 1 heterocycles. The second kappa shape index (κ2) is 8.90. The molecule has 0 saturated heterocycles. The maximum absolute atomic E-state index is 13.8. The van der Waals surface area contributed by atoms with E-state index in [1.54, 1.807) is 36.4 Å². The molecule has 1 aliphatic heterocycles. The van der Waals surface area contributed by atoms with Crippen LogP contribution >= 0.6 is 11.8 Å². The van der Waals surface area contributed by atoms with Gasteiger partial charge in [-0.3, -0.25) is 9.79 Å². The standard InChI is InChI=1S/C20H21FN2O3S/c1-13(2)26-17-10-15(19(24)23-20-22-7-8-27-20)9-16(11-17)25-12-14-5-3-4-6-18(14)21/h3-6,9-11,13H,7-8,12H2,1-2H3,(H,22,23,24). The summed E-state index contributed by atoms with van der Waals surface area (Å²) >= 11 is 1.51. The summed E-state index contributed by atoms with van der Waals surface area (Å²) in [4.78, 5) is 16.8. The number of nitrogens with one attached hydrogen (secondary N) is 1. The smallest absolute Gasteiger partial charge is 0.257 e. The Morgan fingerprint density at radius 3 is 2.74 bits per heavy atom. The van der Waals surface area contributed by atoms with E-state index in [9.17, 15) is 9.18 Å². The number of carbonyl (C=O) groups excluding carboxylic acids is 1. The summed E-state index contributed by atoms with van der Waals surface area (Å²) in [6.45, 7) is 4.56. The highest BCUT2D eigenvalue weighted by Gasteiger charge is 2.15. The van der Waals surface area contributed by atoms with Gasteiger partial charge in [0.1, 0.15) is 23.9 Å². The van der Waals surface area contributed by atoms with Gasteiger partial charge in [0.2, 0.25) is 0 Å². The first-order valence-electron chi connectivity index (χ1n) is 8.68. The third-order valence-corrected chi connectivity index (χ3v) is 4.56. The van der Waals surface area contributed by atoms with E-state index in [0.717, 1.165) is 5.75 Å². The molecule has 0 saturated carbocycles. The number of carbonyl (C=O) groups is 1. The normalized spacial score (nSPS) is 13.4. The van der Waals surface area contributed by atoms with Crippen LogP contribution in [0.15, 0.2) is 47.5 Å². The van der Waals surface area contributed by atoms with E-state index in [1.165, 1.54) is 17.8 Å². The summed E-state index contributed by atoms with van der Waals surface area (Å²) in [5.41, 5.74) is 0.835. The summed E-state index contributed by atoms with van der Waals surface area (Å²) in [5, 5.41) is 3.40. The van der Waals surface area contributed by atoms with Crippen molar-refractivity contribution in [3.05, 3.63) is 59.4 Å². The number of aliphatic imine (C=N–C) groups is 1. The van der Waals surface area contributed by atoms with Crippen molar-refractivity contribution in [2.75, 3.05) is 12.3 Å². The van der Waals surface area contributed by atoms with Crippen LogP contribution in [0.4, 0.5) is 4.39 Å². The fraction of sp³-hybridized carbons (Fsp3) is 0.300. The highest BCUT2D eigenvalue weighted by molar-refractivity contribution is 8.14. The minimum absolute atomic E-state index is 0.0570. The van der Waals surface area contributed by atoms with Gasteiger partial charge in [-0.1, -0.05) is 30.0 Å². The van der Waals surface area contributed by atoms with E-state index in [0.29, 0.717) is 34.3 Å². The summed E-state index contributed by atoms with van der Waals surface area (Å²) in [6.07, 6.45) is -0.0579. The van der Waals surface area contributed by atoms with Crippen LogP contribution in [0.5, 0.6) is 11.5 Å². The van der Waals surface area contributed by atoms with Crippen molar-refractivity contribution < 1.29 is 18.7 Å². The molecule has 2 aromatic rings. The highest BCUT2D eigenvalue weighted by atomic mass is 32.2. The molecule has 7 heteroatoms. The van der Waals surface area contributed by atoms with Gasteiger partial charge in [0.15, 0.2) is 5.17 Å². The Morgan fingerprint density at radius 1 is 1.26 bits per heavy atom. The SMILES string of the molecule is CC(C)Oc1cc(OCc2ccccc2F)cc(C(=O)NC2=NCCS2)c1. The first-order chi connectivity index (χ1) is 13.0. The van der Waals surface area contributed by atoms with Crippen molar-refractivity contribution in [3.63, 3.8) is 0 Å². The average Bonchev–Trinajstić information content (AvgIpc) is 3.13. The molecule has 1 aliphatic rings. The number of ether oxygens (including phenoxy) is 2. The second-order valence-corrected chi connectivity index (χ2v) is 7.31. The number of amidine groups is 1. The van der Waals surface area contributed by atoms with Crippen LogP contribution in [0.25, 0.3) is 0 Å². The van der Waals surface area contributed by atoms with Gasteiger partial charge in [0, 0.05) is 22.9 Å². The number of thioether (sulfide) groups is 1. The number of amides is 1. The maximum atomic E-state index is 13.8. The zero-order valence-corrected chi connectivity index (χ0v) is 16.0. The first kappa shape index (κ1) is 19.2. The van der Waals surface area contributed by atoms with Gasteiger partial charge >= 0.3 is 0 Å². The fourth-order valence-corrected chi connectivity index (χ4v) is 3.21. The molecular weight excluding hydrogens is 367 g/mol. The van der Waals surface area contributed by atoms with Crippen LogP contribution < -0.4 is 14.8 Å². The predicted octanol–water partition coefficient (Wildman–Crippen LogP) is 4.02. The Kier molecular flexibility index (Phi) is 6.34. The van der Waals surface area contributed by atoms with E-state index in [-0.39, 0.29) is 24.4 Å². The Hall–Kier alpha value is -2.54. The Balaban J connectivity index is 1.79.